The van der Waals surface area contributed by atoms with E-state index in [-0.39, 0.29) is 16.8 Å². The lowest BCUT2D eigenvalue weighted by Crippen LogP contribution is -2.48. The van der Waals surface area contributed by atoms with E-state index in [1.54, 1.807) is 12.1 Å². The van der Waals surface area contributed by atoms with Gasteiger partial charge in [-0.3, -0.25) is 4.79 Å². The van der Waals surface area contributed by atoms with E-state index in [1.165, 1.54) is 11.6 Å². The van der Waals surface area contributed by atoms with Gasteiger partial charge in [0.25, 0.3) is 5.91 Å². The summed E-state index contributed by atoms with van der Waals surface area (Å²) in [6.07, 6.45) is 2.03. The number of rotatable bonds is 6. The monoisotopic (exact) mass is 536 g/mol. The molecule has 0 saturated heterocycles. The van der Waals surface area contributed by atoms with E-state index in [0.29, 0.717) is 43.4 Å². The van der Waals surface area contributed by atoms with E-state index in [2.05, 4.69) is 53.0 Å². The first-order valence-corrected chi connectivity index (χ1v) is 13.7. The average Bonchev–Trinajstić information content (AvgIpc) is 2.89. The number of nitrogens with zero attached hydrogens (tertiary/aromatic N) is 1. The Morgan fingerprint density at radius 3 is 2.79 bits per heavy atom. The van der Waals surface area contributed by atoms with Crippen LogP contribution in [0, 0.1) is 0 Å². The van der Waals surface area contributed by atoms with E-state index >= 15 is 0 Å². The molecular weight excluding hydrogens is 500 g/mol. The zero-order valence-corrected chi connectivity index (χ0v) is 22.8. The highest BCUT2D eigenvalue weighted by Gasteiger charge is 2.24. The number of anilines is 1. The number of amides is 1. The van der Waals surface area contributed by atoms with E-state index in [9.17, 15) is 15.0 Å². The van der Waals surface area contributed by atoms with Crippen LogP contribution in [0.4, 0.5) is 5.82 Å². The van der Waals surface area contributed by atoms with Gasteiger partial charge in [0.15, 0.2) is 0 Å². The number of carbonyl (C=O) groups excluding carboxylic acids is 1. The molecule has 4 bridgehead atoms. The Morgan fingerprint density at radius 2 is 1.97 bits per heavy atom. The number of carbonyl (C=O) groups is 1. The second kappa shape index (κ2) is 13.1. The van der Waals surface area contributed by atoms with Crippen LogP contribution in [0.15, 0.2) is 54.6 Å². The molecule has 8 heteroatoms. The average molecular weight is 537 g/mol. The van der Waals surface area contributed by atoms with Crippen molar-refractivity contribution in [1.82, 2.24) is 15.6 Å². The molecule has 0 radical (unpaired) electrons. The summed E-state index contributed by atoms with van der Waals surface area (Å²) in [6.45, 7) is 5.90. The lowest BCUT2D eigenvalue weighted by Gasteiger charge is -2.25. The molecule has 7 nitrogen and oxygen atoms in total. The molecule has 0 spiro atoms. The smallest absolute Gasteiger partial charge is 0.251 e. The number of aliphatic hydroxyl groups is 1. The number of fused-ring (bicyclic) bond motifs is 4. The van der Waals surface area contributed by atoms with Crippen molar-refractivity contribution in [2.75, 3.05) is 18.4 Å². The third-order valence-electron chi connectivity index (χ3n) is 6.92. The van der Waals surface area contributed by atoms with Crippen molar-refractivity contribution in [2.24, 2.45) is 0 Å². The topological polar surface area (TPSA) is 107 Å². The molecule has 1 aliphatic heterocycles. The molecular formula is C30H37ClN4O3. The van der Waals surface area contributed by atoms with Gasteiger partial charge in [0, 0.05) is 25.2 Å². The number of pyridine rings is 1. The first kappa shape index (κ1) is 27.9. The lowest BCUT2D eigenvalue weighted by atomic mass is 9.97. The fourth-order valence-electron chi connectivity index (χ4n) is 4.70. The van der Waals surface area contributed by atoms with Crippen LogP contribution in [0.1, 0.15) is 65.2 Å². The number of phenolic OH excluding ortho intramolecular Hbond substituents is 1. The fourth-order valence-corrected chi connectivity index (χ4v) is 4.91. The summed E-state index contributed by atoms with van der Waals surface area (Å²) in [7, 11) is 0. The Bertz CT molecular complexity index is 1250. The molecule has 0 unspecified atom stereocenters. The van der Waals surface area contributed by atoms with Gasteiger partial charge >= 0.3 is 0 Å². The number of halogens is 1. The highest BCUT2D eigenvalue weighted by molar-refractivity contribution is 6.29. The molecule has 0 fully saturated rings. The minimum atomic E-state index is -0.852. The van der Waals surface area contributed by atoms with Gasteiger partial charge in [-0.2, -0.15) is 0 Å². The van der Waals surface area contributed by atoms with Crippen molar-refractivity contribution in [3.63, 3.8) is 0 Å². The third kappa shape index (κ3) is 7.69. The number of aliphatic hydroxyl groups excluding tert-OH is 1. The van der Waals surface area contributed by atoms with Gasteiger partial charge in [-0.15, -0.1) is 0 Å². The molecule has 1 aliphatic rings. The maximum absolute atomic E-state index is 13.3. The van der Waals surface area contributed by atoms with Gasteiger partial charge < -0.3 is 26.2 Å². The second-order valence-electron chi connectivity index (χ2n) is 10.3. The van der Waals surface area contributed by atoms with E-state index in [0.717, 1.165) is 36.0 Å². The van der Waals surface area contributed by atoms with Crippen molar-refractivity contribution < 1.29 is 15.0 Å². The summed E-state index contributed by atoms with van der Waals surface area (Å²) in [5.74, 6) is 0.901. The molecule has 2 atom stereocenters. The van der Waals surface area contributed by atoms with E-state index in [4.69, 9.17) is 11.6 Å². The molecule has 5 N–H and O–H groups in total. The predicted octanol–water partition coefficient (Wildman–Crippen LogP) is 4.80. The Hall–Kier alpha value is -3.13. The van der Waals surface area contributed by atoms with Crippen LogP contribution in [0.3, 0.4) is 0 Å². The number of hydrogen-bond donors (Lipinski definition) is 5. The zero-order valence-electron chi connectivity index (χ0n) is 22.0. The minimum Gasteiger partial charge on any atom is -0.508 e. The maximum atomic E-state index is 13.3. The highest BCUT2D eigenvalue weighted by atomic mass is 35.5. The van der Waals surface area contributed by atoms with Gasteiger partial charge in [0.1, 0.15) is 16.7 Å². The molecule has 0 aliphatic carbocycles. The number of aromatic hydroxyl groups is 1. The molecule has 38 heavy (non-hydrogen) atoms. The SMILES string of the molecule is CC(C)c1cccc(CNC[C@@H](O)[C@@H]2Cc3ccc(O)c(c3)CCCCNc3cc(cc(Cl)n3)C(=O)N2)c1. The van der Waals surface area contributed by atoms with Gasteiger partial charge in [0.05, 0.1) is 12.1 Å². The lowest BCUT2D eigenvalue weighted by molar-refractivity contribution is 0.0830. The van der Waals surface area contributed by atoms with Crippen LogP contribution in [-0.2, 0) is 19.4 Å². The Labute approximate surface area is 229 Å². The largest absolute Gasteiger partial charge is 0.508 e. The highest BCUT2D eigenvalue weighted by Crippen LogP contribution is 2.23. The maximum Gasteiger partial charge on any atom is 0.251 e. The molecule has 2 aromatic carbocycles. The van der Waals surface area contributed by atoms with Crippen LogP contribution in [0.5, 0.6) is 5.75 Å². The van der Waals surface area contributed by atoms with Crippen LogP contribution in [-0.4, -0.2) is 46.3 Å². The Balaban J connectivity index is 1.53. The van der Waals surface area contributed by atoms with Gasteiger partial charge in [0.2, 0.25) is 0 Å². The fraction of sp³-hybridized carbons (Fsp3) is 0.400. The number of benzene rings is 2. The number of aryl methyl sites for hydroxylation is 1. The van der Waals surface area contributed by atoms with Gasteiger partial charge in [-0.1, -0.05) is 61.8 Å². The van der Waals surface area contributed by atoms with Crippen LogP contribution >= 0.6 is 11.6 Å². The first-order chi connectivity index (χ1) is 18.3. The van der Waals surface area contributed by atoms with Crippen LogP contribution in [0.25, 0.3) is 0 Å². The van der Waals surface area contributed by atoms with Crippen molar-refractivity contribution >= 4 is 23.3 Å². The molecule has 1 aromatic heterocycles. The minimum absolute atomic E-state index is 0.225. The summed E-state index contributed by atoms with van der Waals surface area (Å²) in [6, 6.07) is 16.6. The van der Waals surface area contributed by atoms with Gasteiger partial charge in [-0.25, -0.2) is 4.98 Å². The summed E-state index contributed by atoms with van der Waals surface area (Å²) < 4.78 is 0. The summed E-state index contributed by atoms with van der Waals surface area (Å²) in [4.78, 5) is 17.5. The van der Waals surface area contributed by atoms with Gasteiger partial charge in [-0.05, 0) is 72.1 Å². The number of hydrogen-bond acceptors (Lipinski definition) is 6. The van der Waals surface area contributed by atoms with E-state index in [1.807, 2.05) is 18.2 Å². The summed E-state index contributed by atoms with van der Waals surface area (Å²) in [5.41, 5.74) is 4.59. The molecule has 3 aromatic rings. The Morgan fingerprint density at radius 1 is 1.13 bits per heavy atom. The number of aromatic nitrogens is 1. The third-order valence-corrected chi connectivity index (χ3v) is 7.11. The summed E-state index contributed by atoms with van der Waals surface area (Å²) >= 11 is 6.21. The van der Waals surface area contributed by atoms with Crippen molar-refractivity contribution in [2.45, 2.75) is 64.1 Å². The van der Waals surface area contributed by atoms with Crippen LogP contribution < -0.4 is 16.0 Å². The van der Waals surface area contributed by atoms with Crippen LogP contribution in [0.2, 0.25) is 5.15 Å². The van der Waals surface area contributed by atoms with Crippen molar-refractivity contribution in [3.05, 3.63) is 87.6 Å². The normalized spacial score (nSPS) is 17.2. The quantitative estimate of drug-likeness (QED) is 0.290. The predicted molar refractivity (Wildman–Crippen MR) is 152 cm³/mol. The summed E-state index contributed by atoms with van der Waals surface area (Å²) in [5, 5.41) is 31.4. The second-order valence-corrected chi connectivity index (χ2v) is 10.7. The standard InChI is InChI=1S/C30H37ClN4O3/c1-19(2)22-8-5-6-21(13-22)17-32-18-27(37)25-14-20-9-10-26(36)23(12-20)7-3-4-11-33-29-16-24(30(38)34-25)15-28(31)35-29/h5-6,8-10,12-13,15-16,19,25,27,32,36-37H,3-4,7,11,14,17-18H2,1-2H3,(H,33,35)(H,34,38)/t25-,27+/m0/s1. The first-order valence-electron chi connectivity index (χ1n) is 13.3. The molecule has 2 heterocycles. The molecule has 4 rings (SSSR count). The van der Waals surface area contributed by atoms with Crippen molar-refractivity contribution in [1.29, 1.82) is 0 Å². The Kier molecular flexibility index (Phi) is 9.61. The molecule has 202 valence electrons. The molecule has 1 amide bonds. The number of nitrogens with one attached hydrogen (secondary N) is 3. The van der Waals surface area contributed by atoms with Crippen molar-refractivity contribution in [3.8, 4) is 5.75 Å². The zero-order chi connectivity index (χ0) is 27.1. The molecule has 0 saturated carbocycles. The number of phenols is 1. The van der Waals surface area contributed by atoms with E-state index < -0.39 is 12.1 Å².